The normalized spacial score (nSPS) is 20.9. The molecule has 1 fully saturated rings. The van der Waals surface area contributed by atoms with Gasteiger partial charge in [-0.2, -0.15) is 0 Å². The van der Waals surface area contributed by atoms with Crippen molar-refractivity contribution in [2.75, 3.05) is 0 Å². The van der Waals surface area contributed by atoms with E-state index in [1.807, 2.05) is 13.8 Å². The molecule has 2 aromatic rings. The molecule has 110 valence electrons. The van der Waals surface area contributed by atoms with Gasteiger partial charge in [0.05, 0.1) is 22.7 Å². The summed E-state index contributed by atoms with van der Waals surface area (Å²) in [6.45, 7) is 3.74. The lowest BCUT2D eigenvalue weighted by Crippen LogP contribution is -2.43. The third kappa shape index (κ3) is 2.87. The van der Waals surface area contributed by atoms with Crippen LogP contribution in [-0.4, -0.2) is 26.9 Å². The van der Waals surface area contributed by atoms with Crippen LogP contribution in [0.1, 0.15) is 44.8 Å². The van der Waals surface area contributed by atoms with Gasteiger partial charge in [-0.3, -0.25) is 9.59 Å². The lowest BCUT2D eigenvalue weighted by atomic mass is 9.78. The van der Waals surface area contributed by atoms with Gasteiger partial charge in [0.2, 0.25) is 0 Å². The minimum absolute atomic E-state index is 0.0552. The molecule has 3 rings (SSSR count). The highest BCUT2D eigenvalue weighted by molar-refractivity contribution is 7.13. The molecule has 21 heavy (non-hydrogen) atoms. The third-order valence-corrected chi connectivity index (χ3v) is 4.77. The Balaban J connectivity index is 1.59. The maximum absolute atomic E-state index is 12.2. The number of carbonyl (C=O) groups is 1. The number of nitrogens with zero attached hydrogens (tertiary/aromatic N) is 2. The van der Waals surface area contributed by atoms with Crippen molar-refractivity contribution in [1.29, 1.82) is 0 Å². The number of amides is 1. The zero-order valence-corrected chi connectivity index (χ0v) is 12.7. The summed E-state index contributed by atoms with van der Waals surface area (Å²) in [6, 6.07) is 1.67. The van der Waals surface area contributed by atoms with E-state index in [9.17, 15) is 9.59 Å². The summed E-state index contributed by atoms with van der Waals surface area (Å²) in [7, 11) is 0. The molecule has 1 saturated carbocycles. The maximum Gasteiger partial charge on any atom is 0.263 e. The second-order valence-electron chi connectivity index (χ2n) is 5.32. The Morgan fingerprint density at radius 1 is 1.43 bits per heavy atom. The first-order valence-electron chi connectivity index (χ1n) is 6.82. The summed E-state index contributed by atoms with van der Waals surface area (Å²) in [5.41, 5.74) is 1.44. The van der Waals surface area contributed by atoms with Crippen molar-refractivity contribution >= 4 is 17.2 Å². The number of rotatable bonds is 3. The fourth-order valence-corrected chi connectivity index (χ4v) is 3.40. The van der Waals surface area contributed by atoms with Crippen LogP contribution in [0.5, 0.6) is 0 Å². The molecule has 2 aromatic heterocycles. The fourth-order valence-electron chi connectivity index (χ4n) is 2.58. The van der Waals surface area contributed by atoms with Crippen LogP contribution in [0.3, 0.4) is 0 Å². The largest absolute Gasteiger partial charge is 0.349 e. The standard InChI is InChI=1S/C14H16N4O2S/c1-7-13(21-8(2)17-7)14(20)18-10-3-9(4-10)11-5-12(19)16-6-15-11/h5-6,9-10H,3-4H2,1-2H3,(H,18,20)(H,15,16,19). The van der Waals surface area contributed by atoms with Gasteiger partial charge in [0.25, 0.3) is 11.5 Å². The number of thiazole rings is 1. The lowest BCUT2D eigenvalue weighted by Gasteiger charge is -2.35. The van der Waals surface area contributed by atoms with Gasteiger partial charge in [-0.25, -0.2) is 9.97 Å². The van der Waals surface area contributed by atoms with Crippen LogP contribution in [0.25, 0.3) is 0 Å². The molecule has 7 heteroatoms. The van der Waals surface area contributed by atoms with Gasteiger partial charge in [0.15, 0.2) is 0 Å². The van der Waals surface area contributed by atoms with Gasteiger partial charge in [0, 0.05) is 18.0 Å². The molecule has 0 radical (unpaired) electrons. The second-order valence-corrected chi connectivity index (χ2v) is 6.53. The van der Waals surface area contributed by atoms with E-state index in [2.05, 4.69) is 20.3 Å². The number of nitrogens with one attached hydrogen (secondary N) is 2. The van der Waals surface area contributed by atoms with E-state index in [1.54, 1.807) is 0 Å². The van der Waals surface area contributed by atoms with E-state index in [1.165, 1.54) is 23.7 Å². The number of aryl methyl sites for hydroxylation is 2. The highest BCUT2D eigenvalue weighted by Crippen LogP contribution is 2.35. The van der Waals surface area contributed by atoms with Crippen molar-refractivity contribution in [3.05, 3.63) is 44.0 Å². The molecule has 1 aliphatic rings. The number of hydrogen-bond acceptors (Lipinski definition) is 5. The molecule has 1 amide bonds. The van der Waals surface area contributed by atoms with E-state index in [-0.39, 0.29) is 23.4 Å². The number of hydrogen-bond donors (Lipinski definition) is 2. The van der Waals surface area contributed by atoms with Gasteiger partial charge >= 0.3 is 0 Å². The monoisotopic (exact) mass is 304 g/mol. The Morgan fingerprint density at radius 2 is 2.19 bits per heavy atom. The Kier molecular flexibility index (Phi) is 3.59. The second kappa shape index (κ2) is 5.40. The molecule has 0 bridgehead atoms. The van der Waals surface area contributed by atoms with E-state index in [4.69, 9.17) is 0 Å². The molecule has 2 heterocycles. The Bertz CT molecular complexity index is 731. The van der Waals surface area contributed by atoms with E-state index >= 15 is 0 Å². The third-order valence-electron chi connectivity index (χ3n) is 3.70. The molecule has 0 aromatic carbocycles. The molecule has 2 N–H and O–H groups in total. The minimum Gasteiger partial charge on any atom is -0.349 e. The average molecular weight is 304 g/mol. The summed E-state index contributed by atoms with van der Waals surface area (Å²) < 4.78 is 0. The predicted octanol–water partition coefficient (Wildman–Crippen LogP) is 1.52. The van der Waals surface area contributed by atoms with Crippen molar-refractivity contribution in [2.24, 2.45) is 0 Å². The summed E-state index contributed by atoms with van der Waals surface area (Å²) in [4.78, 5) is 35.0. The maximum atomic E-state index is 12.2. The van der Waals surface area contributed by atoms with Crippen LogP contribution in [0.15, 0.2) is 17.2 Å². The first kappa shape index (κ1) is 13.9. The van der Waals surface area contributed by atoms with Gasteiger partial charge in [-0.1, -0.05) is 0 Å². The van der Waals surface area contributed by atoms with Crippen LogP contribution in [0.2, 0.25) is 0 Å². The lowest BCUT2D eigenvalue weighted by molar-refractivity contribution is 0.0911. The fraction of sp³-hybridized carbons (Fsp3) is 0.429. The molecule has 0 atom stereocenters. The Morgan fingerprint density at radius 3 is 2.81 bits per heavy atom. The van der Waals surface area contributed by atoms with Gasteiger partial charge in [-0.05, 0) is 26.7 Å². The van der Waals surface area contributed by atoms with Crippen molar-refractivity contribution in [2.45, 2.75) is 38.6 Å². The topological polar surface area (TPSA) is 87.7 Å². The van der Waals surface area contributed by atoms with Crippen molar-refractivity contribution in [3.8, 4) is 0 Å². The SMILES string of the molecule is Cc1nc(C)c(C(=O)NC2CC(c3cc(=O)[nH]cn3)C2)s1. The van der Waals surface area contributed by atoms with Gasteiger partial charge in [0.1, 0.15) is 4.88 Å². The molecule has 0 unspecified atom stereocenters. The molecule has 1 aliphatic carbocycles. The predicted molar refractivity (Wildman–Crippen MR) is 79.7 cm³/mol. The van der Waals surface area contributed by atoms with Crippen LogP contribution in [0.4, 0.5) is 0 Å². The first-order valence-corrected chi connectivity index (χ1v) is 7.64. The zero-order valence-electron chi connectivity index (χ0n) is 11.8. The van der Waals surface area contributed by atoms with Crippen LogP contribution in [0, 0.1) is 13.8 Å². The molecule has 0 aliphatic heterocycles. The molecule has 0 saturated heterocycles. The summed E-state index contributed by atoms with van der Waals surface area (Å²) in [5, 5.41) is 3.92. The van der Waals surface area contributed by atoms with Crippen LogP contribution < -0.4 is 10.9 Å². The Hall–Kier alpha value is -2.02. The smallest absolute Gasteiger partial charge is 0.263 e. The van der Waals surface area contributed by atoms with E-state index < -0.39 is 0 Å². The number of H-pyrrole nitrogens is 1. The van der Waals surface area contributed by atoms with Gasteiger partial charge < -0.3 is 10.3 Å². The first-order chi connectivity index (χ1) is 10.0. The van der Waals surface area contributed by atoms with Crippen molar-refractivity contribution in [1.82, 2.24) is 20.3 Å². The molecule has 6 nitrogen and oxygen atoms in total. The minimum atomic E-state index is -0.136. The van der Waals surface area contributed by atoms with Crippen LogP contribution >= 0.6 is 11.3 Å². The summed E-state index contributed by atoms with van der Waals surface area (Å²) in [5.74, 6) is 0.197. The number of carbonyl (C=O) groups excluding carboxylic acids is 1. The molecule has 0 spiro atoms. The number of aromatic nitrogens is 3. The van der Waals surface area contributed by atoms with Crippen molar-refractivity contribution < 1.29 is 4.79 Å². The molecular weight excluding hydrogens is 288 g/mol. The highest BCUT2D eigenvalue weighted by Gasteiger charge is 2.33. The van der Waals surface area contributed by atoms with E-state index in [0.29, 0.717) is 4.88 Å². The quantitative estimate of drug-likeness (QED) is 0.900. The molecular formula is C14H16N4O2S. The van der Waals surface area contributed by atoms with E-state index in [0.717, 1.165) is 29.2 Å². The highest BCUT2D eigenvalue weighted by atomic mass is 32.1. The zero-order chi connectivity index (χ0) is 15.0. The van der Waals surface area contributed by atoms with Crippen molar-refractivity contribution in [3.63, 3.8) is 0 Å². The van der Waals surface area contributed by atoms with Crippen LogP contribution in [-0.2, 0) is 0 Å². The average Bonchev–Trinajstić information content (AvgIpc) is 2.72. The summed E-state index contributed by atoms with van der Waals surface area (Å²) >= 11 is 1.42. The Labute approximate surface area is 125 Å². The summed E-state index contributed by atoms with van der Waals surface area (Å²) in [6.07, 6.45) is 3.06. The van der Waals surface area contributed by atoms with Gasteiger partial charge in [-0.15, -0.1) is 11.3 Å². The number of aromatic amines is 1.